The van der Waals surface area contributed by atoms with Gasteiger partial charge in [-0.2, -0.15) is 0 Å². The molecule has 34 heavy (non-hydrogen) atoms. The molecule has 1 amide bonds. The van der Waals surface area contributed by atoms with Crippen molar-refractivity contribution in [3.63, 3.8) is 0 Å². The standard InChI is InChI=1S/C24H30ClN3O5S/c1-24(2)32-15-20(33-24)19-13-27-22(14-26-19)28(23(29)11-8-16-6-4-5-7-16)17-9-10-21(18(25)12-17)34(3,30)31/h9-10,12-14,16,20H,4-8,11,15H2,1-3H3/t20-/m1/s1. The molecule has 1 saturated carbocycles. The van der Waals surface area contributed by atoms with Crippen molar-refractivity contribution in [2.75, 3.05) is 17.8 Å². The highest BCUT2D eigenvalue weighted by atomic mass is 35.5. The van der Waals surface area contributed by atoms with Crippen LogP contribution >= 0.6 is 11.6 Å². The van der Waals surface area contributed by atoms with Gasteiger partial charge in [0.25, 0.3) is 0 Å². The first kappa shape index (κ1) is 25.0. The van der Waals surface area contributed by atoms with Gasteiger partial charge in [-0.3, -0.25) is 14.7 Å². The second-order valence-electron chi connectivity index (χ2n) is 9.42. The second-order valence-corrected chi connectivity index (χ2v) is 11.8. The predicted molar refractivity (Wildman–Crippen MR) is 129 cm³/mol. The Labute approximate surface area is 205 Å². The van der Waals surface area contributed by atoms with Crippen LogP contribution in [0.4, 0.5) is 11.5 Å². The lowest BCUT2D eigenvalue weighted by atomic mass is 10.0. The maximum absolute atomic E-state index is 13.4. The van der Waals surface area contributed by atoms with Crippen molar-refractivity contribution in [2.24, 2.45) is 5.92 Å². The summed E-state index contributed by atoms with van der Waals surface area (Å²) in [5.74, 6) is 0.0595. The van der Waals surface area contributed by atoms with Crippen molar-refractivity contribution < 1.29 is 22.7 Å². The third kappa shape index (κ3) is 5.76. The van der Waals surface area contributed by atoms with Gasteiger partial charge in [0, 0.05) is 12.7 Å². The molecule has 2 heterocycles. The average molecular weight is 508 g/mol. The molecule has 0 spiro atoms. The first-order valence-corrected chi connectivity index (χ1v) is 13.8. The number of anilines is 2. The van der Waals surface area contributed by atoms with E-state index in [-0.39, 0.29) is 21.9 Å². The molecule has 2 aliphatic rings. The summed E-state index contributed by atoms with van der Waals surface area (Å²) in [6.45, 7) is 4.04. The van der Waals surface area contributed by atoms with Crippen molar-refractivity contribution in [2.45, 2.75) is 69.2 Å². The van der Waals surface area contributed by atoms with E-state index >= 15 is 0 Å². The molecule has 8 nitrogen and oxygen atoms in total. The number of carbonyl (C=O) groups is 1. The zero-order chi connectivity index (χ0) is 24.5. The largest absolute Gasteiger partial charge is 0.347 e. The highest BCUT2D eigenvalue weighted by Crippen LogP contribution is 2.35. The minimum absolute atomic E-state index is 0.0127. The molecule has 0 unspecified atom stereocenters. The molecule has 2 fully saturated rings. The Balaban J connectivity index is 1.62. The SMILES string of the molecule is CC1(C)OC[C@H](c2cnc(N(C(=O)CCC3CCCC3)c3ccc(S(C)(=O)=O)c(Cl)c3)cn2)O1. The number of nitrogens with zero attached hydrogens (tertiary/aromatic N) is 3. The number of hydrogen-bond acceptors (Lipinski definition) is 7. The number of amides is 1. The van der Waals surface area contributed by atoms with Crippen molar-refractivity contribution in [3.05, 3.63) is 41.3 Å². The number of ether oxygens (including phenoxy) is 2. The average Bonchev–Trinajstić information content (AvgIpc) is 3.41. The van der Waals surface area contributed by atoms with Crippen molar-refractivity contribution >= 4 is 38.9 Å². The third-order valence-electron chi connectivity index (χ3n) is 6.29. The van der Waals surface area contributed by atoms with Gasteiger partial charge in [0.15, 0.2) is 21.4 Å². The Morgan fingerprint density at radius 2 is 1.94 bits per heavy atom. The Kier molecular flexibility index (Phi) is 7.28. The van der Waals surface area contributed by atoms with Crippen LogP contribution in [0.2, 0.25) is 5.02 Å². The van der Waals surface area contributed by atoms with Crippen LogP contribution in [0.5, 0.6) is 0 Å². The smallest absolute Gasteiger partial charge is 0.232 e. The molecular formula is C24H30ClN3O5S. The van der Waals surface area contributed by atoms with Gasteiger partial charge in [-0.05, 0) is 44.4 Å². The fourth-order valence-electron chi connectivity index (χ4n) is 4.52. The molecule has 10 heteroatoms. The summed E-state index contributed by atoms with van der Waals surface area (Å²) in [6.07, 6.45) is 9.73. The summed E-state index contributed by atoms with van der Waals surface area (Å²) >= 11 is 6.29. The minimum Gasteiger partial charge on any atom is -0.347 e. The van der Waals surface area contributed by atoms with Crippen LogP contribution in [0.3, 0.4) is 0 Å². The number of sulfone groups is 1. The van der Waals surface area contributed by atoms with E-state index in [1.807, 2.05) is 13.8 Å². The molecule has 184 valence electrons. The molecule has 1 saturated heterocycles. The molecule has 1 aliphatic heterocycles. The summed E-state index contributed by atoms with van der Waals surface area (Å²) in [6, 6.07) is 4.47. The second kappa shape index (κ2) is 9.89. The van der Waals surface area contributed by atoms with E-state index in [0.717, 1.165) is 25.5 Å². The fourth-order valence-corrected chi connectivity index (χ4v) is 5.84. The fraction of sp³-hybridized carbons (Fsp3) is 0.542. The maximum atomic E-state index is 13.4. The van der Waals surface area contributed by atoms with Crippen LogP contribution in [-0.2, 0) is 24.1 Å². The predicted octanol–water partition coefficient (Wildman–Crippen LogP) is 4.99. The van der Waals surface area contributed by atoms with E-state index in [4.69, 9.17) is 21.1 Å². The summed E-state index contributed by atoms with van der Waals surface area (Å²) in [5, 5.41) is 0.0527. The van der Waals surface area contributed by atoms with Gasteiger partial charge in [0.1, 0.15) is 6.10 Å². The molecule has 4 rings (SSSR count). The first-order valence-electron chi connectivity index (χ1n) is 11.5. The summed E-state index contributed by atoms with van der Waals surface area (Å²) in [4.78, 5) is 23.8. The molecule has 0 radical (unpaired) electrons. The quantitative estimate of drug-likeness (QED) is 0.520. The van der Waals surface area contributed by atoms with Crippen LogP contribution in [0.25, 0.3) is 0 Å². The number of halogens is 1. The van der Waals surface area contributed by atoms with Crippen molar-refractivity contribution in [1.29, 1.82) is 0 Å². The molecular weight excluding hydrogens is 478 g/mol. The molecule has 1 aliphatic carbocycles. The molecule has 1 aromatic heterocycles. The Morgan fingerprint density at radius 1 is 1.21 bits per heavy atom. The Hall–Kier alpha value is -2.07. The van der Waals surface area contributed by atoms with Gasteiger partial charge >= 0.3 is 0 Å². The van der Waals surface area contributed by atoms with Gasteiger partial charge in [-0.15, -0.1) is 0 Å². The van der Waals surface area contributed by atoms with Gasteiger partial charge in [-0.25, -0.2) is 13.4 Å². The Morgan fingerprint density at radius 3 is 2.50 bits per heavy atom. The van der Waals surface area contributed by atoms with Crippen molar-refractivity contribution in [1.82, 2.24) is 9.97 Å². The van der Waals surface area contributed by atoms with E-state index in [1.54, 1.807) is 12.3 Å². The summed E-state index contributed by atoms with van der Waals surface area (Å²) in [5.41, 5.74) is 1.05. The van der Waals surface area contributed by atoms with Gasteiger partial charge in [0.2, 0.25) is 5.91 Å². The van der Waals surface area contributed by atoms with Crippen LogP contribution in [0, 0.1) is 5.92 Å². The van der Waals surface area contributed by atoms with Crippen LogP contribution in [0.1, 0.15) is 64.2 Å². The molecule has 0 N–H and O–H groups in total. The summed E-state index contributed by atoms with van der Waals surface area (Å²) in [7, 11) is -3.50. The molecule has 1 aromatic carbocycles. The number of hydrogen-bond donors (Lipinski definition) is 0. The van der Waals surface area contributed by atoms with Gasteiger partial charge in [-0.1, -0.05) is 37.3 Å². The maximum Gasteiger partial charge on any atom is 0.232 e. The Bertz CT molecular complexity index is 1150. The number of aromatic nitrogens is 2. The van der Waals surface area contributed by atoms with Crippen molar-refractivity contribution in [3.8, 4) is 0 Å². The third-order valence-corrected chi connectivity index (χ3v) is 7.87. The number of rotatable bonds is 7. The monoisotopic (exact) mass is 507 g/mol. The van der Waals surface area contributed by atoms with Gasteiger partial charge in [0.05, 0.1) is 40.3 Å². The highest BCUT2D eigenvalue weighted by Gasteiger charge is 2.34. The van der Waals surface area contributed by atoms with Crippen LogP contribution in [0.15, 0.2) is 35.5 Å². The van der Waals surface area contributed by atoms with E-state index in [2.05, 4.69) is 9.97 Å². The minimum atomic E-state index is -3.50. The van der Waals surface area contributed by atoms with E-state index in [0.29, 0.717) is 36.1 Å². The van der Waals surface area contributed by atoms with E-state index < -0.39 is 15.6 Å². The zero-order valence-corrected chi connectivity index (χ0v) is 21.2. The lowest BCUT2D eigenvalue weighted by Gasteiger charge is -2.23. The van der Waals surface area contributed by atoms with Crippen LogP contribution in [-0.4, -0.2) is 42.9 Å². The molecule has 1 atom stereocenters. The number of carbonyl (C=O) groups excluding carboxylic acids is 1. The molecule has 2 aromatic rings. The number of benzene rings is 1. The lowest BCUT2D eigenvalue weighted by molar-refractivity contribution is -0.139. The first-order chi connectivity index (χ1) is 16.0. The zero-order valence-electron chi connectivity index (χ0n) is 19.7. The van der Waals surface area contributed by atoms with Crippen LogP contribution < -0.4 is 4.90 Å². The van der Waals surface area contributed by atoms with Gasteiger partial charge < -0.3 is 9.47 Å². The summed E-state index contributed by atoms with van der Waals surface area (Å²) < 4.78 is 35.4. The van der Waals surface area contributed by atoms with E-state index in [9.17, 15) is 13.2 Å². The normalized spacial score (nSPS) is 20.5. The lowest BCUT2D eigenvalue weighted by Crippen LogP contribution is -2.27. The highest BCUT2D eigenvalue weighted by molar-refractivity contribution is 7.90. The topological polar surface area (TPSA) is 98.7 Å². The molecule has 0 bridgehead atoms. The van der Waals surface area contributed by atoms with E-state index in [1.165, 1.54) is 36.1 Å².